The number of carbonyl (C=O) groups is 3. The standard InChI is InChI=1S/C11H20N2O5/c1-4-17-9(14)6-8(11(16)18-5-2)13-10(15)7(3)12/h7-8H,4-6,12H2,1-3H3,(H,13,15)/t7?,8-/m0/s1. The quantitative estimate of drug-likeness (QED) is 0.588. The number of ether oxygens (including phenoxy) is 2. The van der Waals surface area contributed by atoms with E-state index in [2.05, 4.69) is 5.32 Å². The minimum atomic E-state index is -1.07. The summed E-state index contributed by atoms with van der Waals surface area (Å²) >= 11 is 0. The third kappa shape index (κ3) is 6.19. The summed E-state index contributed by atoms with van der Waals surface area (Å²) in [5, 5.41) is 2.35. The summed E-state index contributed by atoms with van der Waals surface area (Å²) in [7, 11) is 0. The van der Waals surface area contributed by atoms with Crippen molar-refractivity contribution in [2.24, 2.45) is 5.73 Å². The number of nitrogens with one attached hydrogen (secondary N) is 1. The van der Waals surface area contributed by atoms with E-state index in [4.69, 9.17) is 15.2 Å². The van der Waals surface area contributed by atoms with Crippen LogP contribution in [0, 0.1) is 0 Å². The Kier molecular flexibility index (Phi) is 7.69. The van der Waals surface area contributed by atoms with Crippen LogP contribution in [-0.2, 0) is 23.9 Å². The number of rotatable bonds is 7. The molecule has 0 spiro atoms. The molecule has 0 bridgehead atoms. The van der Waals surface area contributed by atoms with E-state index >= 15 is 0 Å². The molecule has 18 heavy (non-hydrogen) atoms. The van der Waals surface area contributed by atoms with Gasteiger partial charge in [0, 0.05) is 0 Å². The number of carbonyl (C=O) groups excluding carboxylic acids is 3. The summed E-state index contributed by atoms with van der Waals surface area (Å²) in [5.41, 5.74) is 5.37. The molecule has 0 saturated heterocycles. The van der Waals surface area contributed by atoms with Crippen LogP contribution in [0.15, 0.2) is 0 Å². The van der Waals surface area contributed by atoms with Crippen molar-refractivity contribution in [2.45, 2.75) is 39.3 Å². The van der Waals surface area contributed by atoms with Gasteiger partial charge in [-0.1, -0.05) is 0 Å². The number of esters is 2. The highest BCUT2D eigenvalue weighted by Crippen LogP contribution is 1.99. The number of hydrogen-bond acceptors (Lipinski definition) is 6. The maximum atomic E-state index is 11.6. The van der Waals surface area contributed by atoms with Crippen molar-refractivity contribution < 1.29 is 23.9 Å². The minimum Gasteiger partial charge on any atom is -0.466 e. The minimum absolute atomic E-state index is 0.159. The SMILES string of the molecule is CCOC(=O)C[C@H](NC(=O)C(C)N)C(=O)OCC. The zero-order valence-electron chi connectivity index (χ0n) is 10.9. The van der Waals surface area contributed by atoms with Crippen LogP contribution in [0.3, 0.4) is 0 Å². The highest BCUT2D eigenvalue weighted by Gasteiger charge is 2.26. The second-order valence-corrected chi connectivity index (χ2v) is 3.61. The van der Waals surface area contributed by atoms with Crippen LogP contribution in [-0.4, -0.2) is 43.1 Å². The second-order valence-electron chi connectivity index (χ2n) is 3.61. The molecule has 0 aliphatic heterocycles. The van der Waals surface area contributed by atoms with E-state index < -0.39 is 29.9 Å². The first-order valence-corrected chi connectivity index (χ1v) is 5.80. The zero-order valence-corrected chi connectivity index (χ0v) is 10.9. The molecule has 3 N–H and O–H groups in total. The Labute approximate surface area is 106 Å². The first-order valence-electron chi connectivity index (χ1n) is 5.80. The van der Waals surface area contributed by atoms with Crippen molar-refractivity contribution in [3.63, 3.8) is 0 Å². The van der Waals surface area contributed by atoms with Gasteiger partial charge in [0.2, 0.25) is 5.91 Å². The Morgan fingerprint density at radius 1 is 1.17 bits per heavy atom. The molecule has 0 rings (SSSR count). The largest absolute Gasteiger partial charge is 0.466 e. The van der Waals surface area contributed by atoms with E-state index in [0.29, 0.717) is 0 Å². The molecule has 7 heteroatoms. The summed E-state index contributed by atoms with van der Waals surface area (Å²) in [6.45, 7) is 5.12. The molecule has 2 atom stereocenters. The van der Waals surface area contributed by atoms with Gasteiger partial charge in [0.1, 0.15) is 6.04 Å². The average molecular weight is 260 g/mol. The normalized spacial score (nSPS) is 13.3. The lowest BCUT2D eigenvalue weighted by Crippen LogP contribution is -2.48. The lowest BCUT2D eigenvalue weighted by atomic mass is 10.2. The molecule has 0 radical (unpaired) electrons. The van der Waals surface area contributed by atoms with Crippen molar-refractivity contribution >= 4 is 17.8 Å². The van der Waals surface area contributed by atoms with E-state index in [-0.39, 0.29) is 19.6 Å². The van der Waals surface area contributed by atoms with Crippen molar-refractivity contribution in [3.05, 3.63) is 0 Å². The van der Waals surface area contributed by atoms with E-state index in [1.54, 1.807) is 13.8 Å². The Morgan fingerprint density at radius 3 is 2.17 bits per heavy atom. The van der Waals surface area contributed by atoms with Crippen molar-refractivity contribution in [2.75, 3.05) is 13.2 Å². The fourth-order valence-electron chi connectivity index (χ4n) is 1.13. The molecular formula is C11H20N2O5. The van der Waals surface area contributed by atoms with Gasteiger partial charge in [-0.25, -0.2) is 4.79 Å². The second kappa shape index (κ2) is 8.46. The van der Waals surface area contributed by atoms with Gasteiger partial charge in [-0.2, -0.15) is 0 Å². The van der Waals surface area contributed by atoms with Crippen LogP contribution < -0.4 is 11.1 Å². The molecule has 0 saturated carbocycles. The Morgan fingerprint density at radius 2 is 1.72 bits per heavy atom. The van der Waals surface area contributed by atoms with Gasteiger partial charge in [-0.05, 0) is 20.8 Å². The van der Waals surface area contributed by atoms with Crippen LogP contribution >= 0.6 is 0 Å². The molecule has 1 unspecified atom stereocenters. The van der Waals surface area contributed by atoms with Crippen LogP contribution in [0.25, 0.3) is 0 Å². The van der Waals surface area contributed by atoms with Crippen LogP contribution in [0.2, 0.25) is 0 Å². The smallest absolute Gasteiger partial charge is 0.329 e. The molecular weight excluding hydrogens is 240 g/mol. The van der Waals surface area contributed by atoms with Gasteiger partial charge in [-0.15, -0.1) is 0 Å². The fourth-order valence-corrected chi connectivity index (χ4v) is 1.13. The predicted octanol–water partition coefficient (Wildman–Crippen LogP) is -0.665. The van der Waals surface area contributed by atoms with E-state index in [9.17, 15) is 14.4 Å². The Balaban J connectivity index is 4.56. The number of amides is 1. The van der Waals surface area contributed by atoms with Gasteiger partial charge in [0.25, 0.3) is 0 Å². The van der Waals surface area contributed by atoms with Gasteiger partial charge in [0.05, 0.1) is 25.7 Å². The van der Waals surface area contributed by atoms with Crippen molar-refractivity contribution in [1.82, 2.24) is 5.32 Å². The number of nitrogens with two attached hydrogens (primary N) is 1. The summed E-state index contributed by atoms with van der Waals surface area (Å²) in [5.74, 6) is -1.79. The fraction of sp³-hybridized carbons (Fsp3) is 0.727. The number of hydrogen-bond donors (Lipinski definition) is 2. The highest BCUT2D eigenvalue weighted by molar-refractivity contribution is 5.89. The first kappa shape index (κ1) is 16.4. The molecule has 104 valence electrons. The summed E-state index contributed by atoms with van der Waals surface area (Å²) < 4.78 is 9.47. The summed E-state index contributed by atoms with van der Waals surface area (Å²) in [6, 6.07) is -1.84. The lowest BCUT2D eigenvalue weighted by molar-refractivity contribution is -0.153. The highest BCUT2D eigenvalue weighted by atomic mass is 16.5. The molecule has 1 amide bonds. The molecule has 0 aliphatic carbocycles. The van der Waals surface area contributed by atoms with Crippen molar-refractivity contribution in [1.29, 1.82) is 0 Å². The van der Waals surface area contributed by atoms with Crippen LogP contribution in [0.4, 0.5) is 0 Å². The summed E-state index contributed by atoms with van der Waals surface area (Å²) in [6.07, 6.45) is -0.273. The Bertz CT molecular complexity index is 304. The summed E-state index contributed by atoms with van der Waals surface area (Å²) in [4.78, 5) is 34.3. The monoisotopic (exact) mass is 260 g/mol. The lowest BCUT2D eigenvalue weighted by Gasteiger charge is -2.17. The average Bonchev–Trinajstić information content (AvgIpc) is 2.28. The van der Waals surface area contributed by atoms with Gasteiger partial charge in [0.15, 0.2) is 0 Å². The molecule has 0 aromatic carbocycles. The maximum absolute atomic E-state index is 11.6. The topological polar surface area (TPSA) is 108 Å². The molecule has 0 aromatic heterocycles. The van der Waals surface area contributed by atoms with Gasteiger partial charge < -0.3 is 20.5 Å². The first-order chi connectivity index (χ1) is 8.42. The predicted molar refractivity (Wildman–Crippen MR) is 63.5 cm³/mol. The third-order valence-corrected chi connectivity index (χ3v) is 1.98. The molecule has 7 nitrogen and oxygen atoms in total. The molecule has 0 aliphatic rings. The van der Waals surface area contributed by atoms with E-state index in [1.807, 2.05) is 0 Å². The molecule has 0 fully saturated rings. The van der Waals surface area contributed by atoms with Crippen LogP contribution in [0.1, 0.15) is 27.2 Å². The van der Waals surface area contributed by atoms with E-state index in [0.717, 1.165) is 0 Å². The maximum Gasteiger partial charge on any atom is 0.329 e. The third-order valence-electron chi connectivity index (χ3n) is 1.98. The Hall–Kier alpha value is -1.63. The molecule has 0 aromatic rings. The van der Waals surface area contributed by atoms with Crippen molar-refractivity contribution in [3.8, 4) is 0 Å². The van der Waals surface area contributed by atoms with Gasteiger partial charge in [-0.3, -0.25) is 9.59 Å². The van der Waals surface area contributed by atoms with Gasteiger partial charge >= 0.3 is 11.9 Å². The van der Waals surface area contributed by atoms with Crippen LogP contribution in [0.5, 0.6) is 0 Å². The van der Waals surface area contributed by atoms with E-state index in [1.165, 1.54) is 6.92 Å². The molecule has 0 heterocycles. The zero-order chi connectivity index (χ0) is 14.1.